The van der Waals surface area contributed by atoms with Gasteiger partial charge in [-0.1, -0.05) is 23.7 Å². The van der Waals surface area contributed by atoms with Crippen molar-refractivity contribution in [2.24, 2.45) is 0 Å². The van der Waals surface area contributed by atoms with E-state index in [0.29, 0.717) is 28.4 Å². The zero-order chi connectivity index (χ0) is 23.1. The second kappa shape index (κ2) is 8.62. The maximum absolute atomic E-state index is 13.4. The summed E-state index contributed by atoms with van der Waals surface area (Å²) in [6.07, 6.45) is 1.59. The van der Waals surface area contributed by atoms with Crippen molar-refractivity contribution in [2.45, 2.75) is 6.54 Å². The number of benzene rings is 2. The van der Waals surface area contributed by atoms with Crippen molar-refractivity contribution >= 4 is 50.1 Å². The van der Waals surface area contributed by atoms with Crippen LogP contribution in [0.4, 0.5) is 5.95 Å². The highest BCUT2D eigenvalue weighted by Gasteiger charge is 2.15. The van der Waals surface area contributed by atoms with Crippen LogP contribution < -0.4 is 10.5 Å². The fourth-order valence-electron chi connectivity index (χ4n) is 3.85. The van der Waals surface area contributed by atoms with Gasteiger partial charge in [-0.2, -0.15) is 0 Å². The van der Waals surface area contributed by atoms with Crippen molar-refractivity contribution in [2.75, 3.05) is 32.7 Å². The highest BCUT2D eigenvalue weighted by Crippen LogP contribution is 2.32. The van der Waals surface area contributed by atoms with E-state index in [1.165, 1.54) is 11.3 Å². The molecule has 2 aromatic carbocycles. The topological polar surface area (TPSA) is 65.2 Å². The molecule has 0 bridgehead atoms. The lowest BCUT2D eigenvalue weighted by Gasteiger charge is -2.14. The zero-order valence-corrected chi connectivity index (χ0v) is 20.0. The first kappa shape index (κ1) is 21.6. The average molecular weight is 480 g/mol. The molecule has 7 nitrogen and oxygen atoms in total. The van der Waals surface area contributed by atoms with Crippen molar-refractivity contribution in [3.8, 4) is 16.1 Å². The molecule has 0 aliphatic rings. The van der Waals surface area contributed by atoms with E-state index in [9.17, 15) is 4.79 Å². The predicted octanol–water partition coefficient (Wildman–Crippen LogP) is 4.83. The van der Waals surface area contributed by atoms with Gasteiger partial charge in [-0.25, -0.2) is 9.97 Å². The Morgan fingerprint density at radius 1 is 1.09 bits per heavy atom. The van der Waals surface area contributed by atoms with E-state index >= 15 is 0 Å². The summed E-state index contributed by atoms with van der Waals surface area (Å²) in [5.74, 6) is 0.839. The van der Waals surface area contributed by atoms with Crippen LogP contribution in [0.5, 0.6) is 0 Å². The molecule has 0 saturated carbocycles. The lowest BCUT2D eigenvalue weighted by molar-refractivity contribution is 0.188. The molecule has 33 heavy (non-hydrogen) atoms. The van der Waals surface area contributed by atoms with Gasteiger partial charge in [0.1, 0.15) is 11.0 Å². The van der Waals surface area contributed by atoms with Crippen LogP contribution in [0.15, 0.2) is 59.7 Å². The summed E-state index contributed by atoms with van der Waals surface area (Å²) >= 11 is 7.45. The van der Waals surface area contributed by atoms with E-state index in [2.05, 4.69) is 9.55 Å². The number of halogens is 1. The Kier molecular flexibility index (Phi) is 5.65. The molecular formula is C24H22ClN5O2S. The normalized spacial score (nSPS) is 11.5. The number of nitrogens with zero attached hydrogens (tertiary/aromatic N) is 5. The molecule has 0 aliphatic carbocycles. The second-order valence-electron chi connectivity index (χ2n) is 7.88. The fourth-order valence-corrected chi connectivity index (χ4v) is 5.02. The number of ether oxygens (including phenoxy) is 1. The lowest BCUT2D eigenvalue weighted by atomic mass is 10.2. The number of hydrogen-bond acceptors (Lipinski definition) is 6. The number of rotatable bonds is 6. The predicted molar refractivity (Wildman–Crippen MR) is 135 cm³/mol. The van der Waals surface area contributed by atoms with Crippen LogP contribution >= 0.6 is 22.9 Å². The van der Waals surface area contributed by atoms with Gasteiger partial charge < -0.3 is 14.2 Å². The van der Waals surface area contributed by atoms with E-state index in [4.69, 9.17) is 21.3 Å². The van der Waals surface area contributed by atoms with Crippen LogP contribution in [0.3, 0.4) is 0 Å². The molecule has 9 heteroatoms. The van der Waals surface area contributed by atoms with Crippen molar-refractivity contribution in [3.63, 3.8) is 0 Å². The Morgan fingerprint density at radius 2 is 1.88 bits per heavy atom. The van der Waals surface area contributed by atoms with Gasteiger partial charge in [0.05, 0.1) is 28.8 Å². The quantitative estimate of drug-likeness (QED) is 0.349. The molecule has 5 rings (SSSR count). The van der Waals surface area contributed by atoms with Gasteiger partial charge in [-0.3, -0.25) is 9.36 Å². The first-order chi connectivity index (χ1) is 16.0. The van der Waals surface area contributed by atoms with Crippen LogP contribution in [0.1, 0.15) is 0 Å². The Balaban J connectivity index is 1.62. The zero-order valence-electron chi connectivity index (χ0n) is 18.4. The number of methoxy groups -OCH3 is 1. The smallest absolute Gasteiger partial charge is 0.275 e. The third kappa shape index (κ3) is 3.90. The number of fused-ring (bicyclic) bond motifs is 2. The van der Waals surface area contributed by atoms with E-state index in [1.807, 2.05) is 67.5 Å². The van der Waals surface area contributed by atoms with Crippen molar-refractivity contribution < 1.29 is 4.74 Å². The van der Waals surface area contributed by atoms with Crippen molar-refractivity contribution in [3.05, 3.63) is 70.2 Å². The summed E-state index contributed by atoms with van der Waals surface area (Å²) in [6, 6.07) is 15.3. The SMILES string of the molecule is COCCn1c(N(C)C)nc2ccc(-n3cnc4cc(-c5ccc(Cl)cc5)sc4c3=O)cc21. The lowest BCUT2D eigenvalue weighted by Crippen LogP contribution is -2.18. The average Bonchev–Trinajstić information content (AvgIpc) is 3.40. The summed E-state index contributed by atoms with van der Waals surface area (Å²) < 4.78 is 9.59. The van der Waals surface area contributed by atoms with Crippen LogP contribution in [-0.4, -0.2) is 46.9 Å². The molecule has 0 spiro atoms. The Morgan fingerprint density at radius 3 is 2.61 bits per heavy atom. The Labute approximate surface area is 199 Å². The number of anilines is 1. The molecule has 0 atom stereocenters. The molecule has 0 amide bonds. The standard InChI is InChI=1S/C24H22ClN5O2S/c1-28(2)24-27-18-9-8-17(12-20(18)29(24)10-11-32-3)30-14-26-19-13-21(33-22(19)23(30)31)15-4-6-16(25)7-5-15/h4-9,12-14H,10-11H2,1-3H3. The van der Waals surface area contributed by atoms with Gasteiger partial charge in [0.2, 0.25) is 5.95 Å². The Hall–Kier alpha value is -3.20. The molecule has 0 unspecified atom stereocenters. The molecule has 0 N–H and O–H groups in total. The molecule has 0 saturated heterocycles. The molecule has 0 fully saturated rings. The monoisotopic (exact) mass is 479 g/mol. The van der Waals surface area contributed by atoms with Gasteiger partial charge >= 0.3 is 0 Å². The molecule has 5 aromatic rings. The third-order valence-electron chi connectivity index (χ3n) is 5.48. The first-order valence-electron chi connectivity index (χ1n) is 10.4. The molecular weight excluding hydrogens is 458 g/mol. The minimum absolute atomic E-state index is 0.0969. The summed E-state index contributed by atoms with van der Waals surface area (Å²) in [6.45, 7) is 1.22. The maximum atomic E-state index is 13.4. The van der Waals surface area contributed by atoms with Crippen molar-refractivity contribution in [1.82, 2.24) is 19.1 Å². The molecule has 3 aromatic heterocycles. The van der Waals surface area contributed by atoms with Gasteiger partial charge in [0.25, 0.3) is 5.56 Å². The van der Waals surface area contributed by atoms with Crippen LogP contribution in [-0.2, 0) is 11.3 Å². The van der Waals surface area contributed by atoms with Crippen LogP contribution in [0.2, 0.25) is 5.02 Å². The first-order valence-corrected chi connectivity index (χ1v) is 11.6. The van der Waals surface area contributed by atoms with Crippen LogP contribution in [0, 0.1) is 0 Å². The molecule has 3 heterocycles. The maximum Gasteiger partial charge on any atom is 0.275 e. The van der Waals surface area contributed by atoms with Crippen molar-refractivity contribution in [1.29, 1.82) is 0 Å². The highest BCUT2D eigenvalue weighted by atomic mass is 35.5. The molecule has 0 aliphatic heterocycles. The summed E-state index contributed by atoms with van der Waals surface area (Å²) in [7, 11) is 5.60. The number of imidazole rings is 1. The minimum Gasteiger partial charge on any atom is -0.383 e. The van der Waals surface area contributed by atoms with E-state index in [-0.39, 0.29) is 5.56 Å². The van der Waals surface area contributed by atoms with Gasteiger partial charge in [0, 0.05) is 37.6 Å². The minimum atomic E-state index is -0.0969. The summed E-state index contributed by atoms with van der Waals surface area (Å²) in [5.41, 5.74) is 4.14. The Bertz CT molecular complexity index is 1520. The third-order valence-corrected chi connectivity index (χ3v) is 6.89. The number of aromatic nitrogens is 4. The number of thiophene rings is 1. The van der Waals surface area contributed by atoms with E-state index in [0.717, 1.165) is 33.1 Å². The second-order valence-corrected chi connectivity index (χ2v) is 9.36. The molecule has 168 valence electrons. The number of hydrogen-bond donors (Lipinski definition) is 0. The summed E-state index contributed by atoms with van der Waals surface area (Å²) in [4.78, 5) is 25.6. The largest absolute Gasteiger partial charge is 0.383 e. The van der Waals surface area contributed by atoms with E-state index in [1.54, 1.807) is 18.0 Å². The van der Waals surface area contributed by atoms with E-state index < -0.39 is 0 Å². The highest BCUT2D eigenvalue weighted by molar-refractivity contribution is 7.22. The van der Waals surface area contributed by atoms with Gasteiger partial charge in [-0.15, -0.1) is 11.3 Å². The fraction of sp³-hybridized carbons (Fsp3) is 0.208. The molecule has 0 radical (unpaired) electrons. The summed E-state index contributed by atoms with van der Waals surface area (Å²) in [5, 5.41) is 0.679. The van der Waals surface area contributed by atoms with Crippen LogP contribution in [0.25, 0.3) is 37.4 Å². The van der Waals surface area contributed by atoms with Gasteiger partial charge in [-0.05, 0) is 42.0 Å². The van der Waals surface area contributed by atoms with Gasteiger partial charge in [0.15, 0.2) is 0 Å².